The van der Waals surface area contributed by atoms with Crippen LogP contribution in [0.15, 0.2) is 36.7 Å². The van der Waals surface area contributed by atoms with Crippen LogP contribution < -0.4 is 10.1 Å². The second-order valence-electron chi connectivity index (χ2n) is 6.30. The molecular formula is C17H25N3O. The van der Waals surface area contributed by atoms with Crippen LogP contribution in [0.25, 0.3) is 0 Å². The van der Waals surface area contributed by atoms with E-state index in [1.54, 1.807) is 0 Å². The van der Waals surface area contributed by atoms with E-state index in [9.17, 15) is 0 Å². The Hall–Kier alpha value is -1.81. The Balaban J connectivity index is 1.85. The highest BCUT2D eigenvalue weighted by atomic mass is 16.5. The van der Waals surface area contributed by atoms with Crippen LogP contribution in [0.5, 0.6) is 5.75 Å². The molecule has 0 fully saturated rings. The topological polar surface area (TPSA) is 39.1 Å². The van der Waals surface area contributed by atoms with Gasteiger partial charge in [0.25, 0.3) is 0 Å². The van der Waals surface area contributed by atoms with E-state index in [2.05, 4.69) is 43.2 Å². The van der Waals surface area contributed by atoms with Crippen molar-refractivity contribution < 1.29 is 4.74 Å². The van der Waals surface area contributed by atoms with Crippen molar-refractivity contribution in [2.24, 2.45) is 7.05 Å². The molecule has 0 spiro atoms. The average molecular weight is 287 g/mol. The molecule has 4 nitrogen and oxygen atoms in total. The lowest BCUT2D eigenvalue weighted by molar-refractivity contribution is 0.317. The molecule has 1 heterocycles. The summed E-state index contributed by atoms with van der Waals surface area (Å²) in [6, 6.07) is 8.25. The van der Waals surface area contributed by atoms with Crippen LogP contribution in [0, 0.1) is 0 Å². The van der Waals surface area contributed by atoms with Gasteiger partial charge in [0.1, 0.15) is 11.6 Å². The minimum absolute atomic E-state index is 0.120. The first-order valence-corrected chi connectivity index (χ1v) is 7.37. The van der Waals surface area contributed by atoms with Crippen LogP contribution in [0.3, 0.4) is 0 Å². The Morgan fingerprint density at radius 3 is 2.76 bits per heavy atom. The lowest BCUT2D eigenvalue weighted by Crippen LogP contribution is -2.35. The van der Waals surface area contributed by atoms with Gasteiger partial charge in [-0.1, -0.05) is 12.1 Å². The number of hydrogen-bond acceptors (Lipinski definition) is 3. The van der Waals surface area contributed by atoms with E-state index in [4.69, 9.17) is 4.74 Å². The van der Waals surface area contributed by atoms with Gasteiger partial charge >= 0.3 is 0 Å². The molecule has 0 aliphatic rings. The molecule has 2 aromatic rings. The lowest BCUT2D eigenvalue weighted by atomic mass is 10.1. The van der Waals surface area contributed by atoms with Crippen LogP contribution in [-0.4, -0.2) is 21.7 Å². The maximum Gasteiger partial charge on any atom is 0.119 e. The van der Waals surface area contributed by atoms with Gasteiger partial charge in [0.05, 0.1) is 6.61 Å². The molecule has 0 radical (unpaired) electrons. The van der Waals surface area contributed by atoms with Crippen molar-refractivity contribution in [1.29, 1.82) is 0 Å². The second kappa shape index (κ2) is 6.76. The van der Waals surface area contributed by atoms with E-state index >= 15 is 0 Å². The molecule has 0 amide bonds. The number of nitrogens with zero attached hydrogens (tertiary/aromatic N) is 2. The van der Waals surface area contributed by atoms with Crippen LogP contribution >= 0.6 is 0 Å². The molecule has 0 atom stereocenters. The molecule has 1 N–H and O–H groups in total. The number of rotatable bonds is 6. The Kier molecular flexibility index (Phi) is 5.02. The Morgan fingerprint density at radius 1 is 1.29 bits per heavy atom. The number of nitrogens with one attached hydrogen (secondary N) is 1. The lowest BCUT2D eigenvalue weighted by Gasteiger charge is -2.20. The SMILES string of the molecule is Cn1ccnc1CCOc1cccc(CNC(C)(C)C)c1. The zero-order valence-electron chi connectivity index (χ0n) is 13.4. The summed E-state index contributed by atoms with van der Waals surface area (Å²) in [7, 11) is 2.00. The molecule has 1 aromatic carbocycles. The molecule has 0 saturated heterocycles. The molecule has 4 heteroatoms. The third kappa shape index (κ3) is 5.23. The molecule has 114 valence electrons. The Bertz CT molecular complexity index is 569. The van der Waals surface area contributed by atoms with E-state index in [-0.39, 0.29) is 5.54 Å². The van der Waals surface area contributed by atoms with Gasteiger partial charge in [-0.2, -0.15) is 0 Å². The molecule has 0 unspecified atom stereocenters. The number of aromatic nitrogens is 2. The first-order valence-electron chi connectivity index (χ1n) is 7.37. The third-order valence-corrected chi connectivity index (χ3v) is 3.24. The third-order valence-electron chi connectivity index (χ3n) is 3.24. The maximum atomic E-state index is 5.83. The van der Waals surface area contributed by atoms with Gasteiger partial charge in [-0.25, -0.2) is 4.98 Å². The number of benzene rings is 1. The van der Waals surface area contributed by atoms with Crippen molar-refractivity contribution in [1.82, 2.24) is 14.9 Å². The number of aryl methyl sites for hydroxylation is 1. The van der Waals surface area contributed by atoms with Gasteiger partial charge in [0.2, 0.25) is 0 Å². The Labute approximate surface area is 127 Å². The van der Waals surface area contributed by atoms with Gasteiger partial charge in [0, 0.05) is 37.9 Å². The zero-order valence-corrected chi connectivity index (χ0v) is 13.4. The Morgan fingerprint density at radius 2 is 2.10 bits per heavy atom. The van der Waals surface area contributed by atoms with E-state index in [1.165, 1.54) is 5.56 Å². The fraction of sp³-hybridized carbons (Fsp3) is 0.471. The summed E-state index contributed by atoms with van der Waals surface area (Å²) >= 11 is 0. The summed E-state index contributed by atoms with van der Waals surface area (Å²) in [6.45, 7) is 7.99. The summed E-state index contributed by atoms with van der Waals surface area (Å²) in [5.41, 5.74) is 1.36. The normalized spacial score (nSPS) is 11.6. The minimum Gasteiger partial charge on any atom is -0.493 e. The average Bonchev–Trinajstić information content (AvgIpc) is 2.82. The first-order chi connectivity index (χ1) is 9.94. The summed E-state index contributed by atoms with van der Waals surface area (Å²) in [6.07, 6.45) is 4.58. The van der Waals surface area contributed by atoms with Gasteiger partial charge in [-0.05, 0) is 38.5 Å². The van der Waals surface area contributed by atoms with Crippen molar-refractivity contribution in [2.75, 3.05) is 6.61 Å². The van der Waals surface area contributed by atoms with Crippen molar-refractivity contribution in [3.63, 3.8) is 0 Å². The first kappa shape index (κ1) is 15.6. The second-order valence-corrected chi connectivity index (χ2v) is 6.30. The summed E-state index contributed by atoms with van der Waals surface area (Å²) < 4.78 is 7.85. The molecular weight excluding hydrogens is 262 g/mol. The van der Waals surface area contributed by atoms with E-state index in [0.717, 1.165) is 24.5 Å². The highest BCUT2D eigenvalue weighted by molar-refractivity contribution is 5.28. The monoisotopic (exact) mass is 287 g/mol. The fourth-order valence-corrected chi connectivity index (χ4v) is 2.01. The molecule has 0 bridgehead atoms. The summed E-state index contributed by atoms with van der Waals surface area (Å²) in [5.74, 6) is 1.96. The van der Waals surface area contributed by atoms with E-state index < -0.39 is 0 Å². The predicted octanol–water partition coefficient (Wildman–Crippen LogP) is 2.93. The summed E-state index contributed by atoms with van der Waals surface area (Å²) in [5, 5.41) is 3.48. The largest absolute Gasteiger partial charge is 0.493 e. The standard InChI is InChI=1S/C17H25N3O/c1-17(2,3)19-13-14-6-5-7-15(12-14)21-11-8-16-18-9-10-20(16)4/h5-7,9-10,12,19H,8,11,13H2,1-4H3. The van der Waals surface area contributed by atoms with Crippen LogP contribution in [0.4, 0.5) is 0 Å². The highest BCUT2D eigenvalue weighted by Crippen LogP contribution is 2.14. The smallest absolute Gasteiger partial charge is 0.119 e. The number of ether oxygens (including phenoxy) is 1. The molecule has 1 aromatic heterocycles. The van der Waals surface area contributed by atoms with Crippen LogP contribution in [-0.2, 0) is 20.0 Å². The highest BCUT2D eigenvalue weighted by Gasteiger charge is 2.08. The van der Waals surface area contributed by atoms with Gasteiger partial charge in [-0.3, -0.25) is 0 Å². The number of imidazole rings is 1. The van der Waals surface area contributed by atoms with Gasteiger partial charge < -0.3 is 14.6 Å². The summed E-state index contributed by atoms with van der Waals surface area (Å²) in [4.78, 5) is 4.29. The maximum absolute atomic E-state index is 5.83. The van der Waals surface area contributed by atoms with Crippen molar-refractivity contribution >= 4 is 0 Å². The molecule has 0 saturated carbocycles. The van der Waals surface area contributed by atoms with Gasteiger partial charge in [0.15, 0.2) is 0 Å². The molecule has 0 aliphatic carbocycles. The van der Waals surface area contributed by atoms with Gasteiger partial charge in [-0.15, -0.1) is 0 Å². The molecule has 2 rings (SSSR count). The quantitative estimate of drug-likeness (QED) is 0.888. The minimum atomic E-state index is 0.120. The van der Waals surface area contributed by atoms with E-state index in [0.29, 0.717) is 6.61 Å². The fourth-order valence-electron chi connectivity index (χ4n) is 2.01. The zero-order chi connectivity index (χ0) is 15.3. The van der Waals surface area contributed by atoms with E-state index in [1.807, 2.05) is 36.1 Å². The number of hydrogen-bond donors (Lipinski definition) is 1. The van der Waals surface area contributed by atoms with Crippen molar-refractivity contribution in [3.8, 4) is 5.75 Å². The van der Waals surface area contributed by atoms with Crippen molar-refractivity contribution in [2.45, 2.75) is 39.3 Å². The molecule has 21 heavy (non-hydrogen) atoms. The van der Waals surface area contributed by atoms with Crippen molar-refractivity contribution in [3.05, 3.63) is 48.0 Å². The predicted molar refractivity (Wildman–Crippen MR) is 85.4 cm³/mol. The van der Waals surface area contributed by atoms with Crippen LogP contribution in [0.2, 0.25) is 0 Å². The van der Waals surface area contributed by atoms with Crippen LogP contribution in [0.1, 0.15) is 32.2 Å². The molecule has 0 aliphatic heterocycles.